The number of aryl methyl sites for hydroxylation is 1. The van der Waals surface area contributed by atoms with Crippen molar-refractivity contribution in [2.75, 3.05) is 6.54 Å². The Hall–Kier alpha value is -3.28. The molecule has 6 nitrogen and oxygen atoms in total. The molecule has 0 spiro atoms. The molecule has 0 saturated heterocycles. The zero-order chi connectivity index (χ0) is 22.4. The first-order chi connectivity index (χ1) is 14.9. The smallest absolute Gasteiger partial charge is 0.287 e. The molecule has 0 radical (unpaired) electrons. The van der Waals surface area contributed by atoms with Crippen LogP contribution in [0.5, 0.6) is 0 Å². The summed E-state index contributed by atoms with van der Waals surface area (Å²) in [7, 11) is 0. The minimum Gasteiger partial charge on any atom is -0.454 e. The second kappa shape index (κ2) is 10.2. The SMILES string of the molecule is CCCN(Cc1cccn1Cc1ccc(C(=O)NC(C)C)o1)C(=O)c1ccc(C)cc1. The van der Waals surface area contributed by atoms with Gasteiger partial charge in [0, 0.05) is 30.0 Å². The van der Waals surface area contributed by atoms with E-state index in [0.717, 1.165) is 17.7 Å². The number of aromatic nitrogens is 1. The van der Waals surface area contributed by atoms with Gasteiger partial charge in [-0.25, -0.2) is 0 Å². The van der Waals surface area contributed by atoms with E-state index in [2.05, 4.69) is 12.2 Å². The third-order valence-electron chi connectivity index (χ3n) is 4.99. The van der Waals surface area contributed by atoms with E-state index in [1.165, 1.54) is 0 Å². The highest BCUT2D eigenvalue weighted by Gasteiger charge is 2.18. The first-order valence-electron chi connectivity index (χ1n) is 10.8. The number of benzene rings is 1. The van der Waals surface area contributed by atoms with Crippen LogP contribution in [0.4, 0.5) is 0 Å². The summed E-state index contributed by atoms with van der Waals surface area (Å²) in [4.78, 5) is 27.1. The van der Waals surface area contributed by atoms with Crippen LogP contribution in [0.2, 0.25) is 0 Å². The van der Waals surface area contributed by atoms with Gasteiger partial charge < -0.3 is 19.2 Å². The van der Waals surface area contributed by atoms with Gasteiger partial charge >= 0.3 is 0 Å². The van der Waals surface area contributed by atoms with Crippen molar-refractivity contribution in [3.63, 3.8) is 0 Å². The van der Waals surface area contributed by atoms with Crippen LogP contribution in [-0.2, 0) is 13.1 Å². The number of carbonyl (C=O) groups excluding carboxylic acids is 2. The second-order valence-electron chi connectivity index (χ2n) is 8.11. The lowest BCUT2D eigenvalue weighted by Gasteiger charge is -2.23. The van der Waals surface area contributed by atoms with Crippen LogP contribution < -0.4 is 5.32 Å². The molecule has 0 unspecified atom stereocenters. The minimum atomic E-state index is -0.216. The van der Waals surface area contributed by atoms with Gasteiger partial charge in [-0.1, -0.05) is 24.6 Å². The van der Waals surface area contributed by atoms with Gasteiger partial charge in [0.15, 0.2) is 5.76 Å². The Morgan fingerprint density at radius 2 is 1.84 bits per heavy atom. The molecule has 2 aromatic heterocycles. The fourth-order valence-electron chi connectivity index (χ4n) is 3.43. The highest BCUT2D eigenvalue weighted by Crippen LogP contribution is 2.16. The van der Waals surface area contributed by atoms with Crippen molar-refractivity contribution in [1.29, 1.82) is 0 Å². The molecule has 0 atom stereocenters. The van der Waals surface area contributed by atoms with Gasteiger partial charge in [0.05, 0.1) is 13.1 Å². The van der Waals surface area contributed by atoms with Crippen LogP contribution in [0.15, 0.2) is 59.1 Å². The lowest BCUT2D eigenvalue weighted by molar-refractivity contribution is 0.0739. The predicted molar refractivity (Wildman–Crippen MR) is 121 cm³/mol. The van der Waals surface area contributed by atoms with Gasteiger partial charge in [-0.15, -0.1) is 0 Å². The molecule has 164 valence electrons. The maximum Gasteiger partial charge on any atom is 0.287 e. The average Bonchev–Trinajstić information content (AvgIpc) is 3.37. The van der Waals surface area contributed by atoms with Gasteiger partial charge in [-0.2, -0.15) is 0 Å². The topological polar surface area (TPSA) is 67.5 Å². The summed E-state index contributed by atoms with van der Waals surface area (Å²) in [5.41, 5.74) is 2.84. The van der Waals surface area contributed by atoms with E-state index in [-0.39, 0.29) is 17.9 Å². The molecule has 0 aliphatic rings. The molecule has 0 aliphatic carbocycles. The lowest BCUT2D eigenvalue weighted by atomic mass is 10.1. The van der Waals surface area contributed by atoms with Crippen molar-refractivity contribution in [2.45, 2.75) is 53.2 Å². The van der Waals surface area contributed by atoms with Crippen molar-refractivity contribution in [3.8, 4) is 0 Å². The molecule has 3 rings (SSSR count). The number of nitrogens with zero attached hydrogens (tertiary/aromatic N) is 2. The maximum atomic E-state index is 13.1. The van der Waals surface area contributed by atoms with Crippen LogP contribution in [0.1, 0.15) is 65.1 Å². The summed E-state index contributed by atoms with van der Waals surface area (Å²) in [6.07, 6.45) is 2.84. The van der Waals surface area contributed by atoms with E-state index < -0.39 is 0 Å². The third kappa shape index (κ3) is 5.87. The molecule has 0 saturated carbocycles. The molecule has 6 heteroatoms. The second-order valence-corrected chi connectivity index (χ2v) is 8.11. The molecule has 0 bridgehead atoms. The molecule has 2 heterocycles. The van der Waals surface area contributed by atoms with E-state index in [0.29, 0.717) is 36.7 Å². The molecule has 0 fully saturated rings. The van der Waals surface area contributed by atoms with Crippen molar-refractivity contribution < 1.29 is 14.0 Å². The fraction of sp³-hybridized carbons (Fsp3) is 0.360. The molecule has 0 aliphatic heterocycles. The third-order valence-corrected chi connectivity index (χ3v) is 4.99. The lowest BCUT2D eigenvalue weighted by Crippen LogP contribution is -2.32. The van der Waals surface area contributed by atoms with Gasteiger partial charge in [0.25, 0.3) is 11.8 Å². The van der Waals surface area contributed by atoms with Gasteiger partial charge in [0.2, 0.25) is 0 Å². The quantitative estimate of drug-likeness (QED) is 0.548. The van der Waals surface area contributed by atoms with Crippen molar-refractivity contribution in [1.82, 2.24) is 14.8 Å². The summed E-state index contributed by atoms with van der Waals surface area (Å²) >= 11 is 0. The minimum absolute atomic E-state index is 0.0280. The van der Waals surface area contributed by atoms with E-state index in [4.69, 9.17) is 4.42 Å². The number of hydrogen-bond acceptors (Lipinski definition) is 3. The largest absolute Gasteiger partial charge is 0.454 e. The van der Waals surface area contributed by atoms with Crippen molar-refractivity contribution >= 4 is 11.8 Å². The Balaban J connectivity index is 1.72. The van der Waals surface area contributed by atoms with Crippen LogP contribution in [0, 0.1) is 6.92 Å². The van der Waals surface area contributed by atoms with Crippen LogP contribution >= 0.6 is 0 Å². The highest BCUT2D eigenvalue weighted by atomic mass is 16.4. The molecule has 1 N–H and O–H groups in total. The number of hydrogen-bond donors (Lipinski definition) is 1. The summed E-state index contributed by atoms with van der Waals surface area (Å²) < 4.78 is 7.79. The van der Waals surface area contributed by atoms with Crippen LogP contribution in [-0.4, -0.2) is 33.9 Å². The summed E-state index contributed by atoms with van der Waals surface area (Å²) in [6, 6.07) is 15.2. The van der Waals surface area contributed by atoms with E-state index >= 15 is 0 Å². The Kier molecular flexibility index (Phi) is 7.34. The predicted octanol–water partition coefficient (Wildman–Crippen LogP) is 4.63. The summed E-state index contributed by atoms with van der Waals surface area (Å²) in [6.45, 7) is 9.59. The Morgan fingerprint density at radius 1 is 1.10 bits per heavy atom. The molecular formula is C25H31N3O3. The number of rotatable bonds is 9. The number of amides is 2. The van der Waals surface area contributed by atoms with E-state index in [1.54, 1.807) is 6.07 Å². The van der Waals surface area contributed by atoms with Gasteiger partial charge in [-0.3, -0.25) is 9.59 Å². The molecular weight excluding hydrogens is 390 g/mol. The fourth-order valence-corrected chi connectivity index (χ4v) is 3.43. The molecule has 3 aromatic rings. The number of carbonyl (C=O) groups is 2. The normalized spacial score (nSPS) is 11.0. The van der Waals surface area contributed by atoms with Crippen LogP contribution in [0.25, 0.3) is 0 Å². The van der Waals surface area contributed by atoms with Crippen molar-refractivity contribution in [2.24, 2.45) is 0 Å². The zero-order valence-corrected chi connectivity index (χ0v) is 18.7. The van der Waals surface area contributed by atoms with Crippen molar-refractivity contribution in [3.05, 3.63) is 83.1 Å². The van der Waals surface area contributed by atoms with E-state index in [9.17, 15) is 9.59 Å². The number of furan rings is 1. The van der Waals surface area contributed by atoms with E-state index in [1.807, 2.05) is 78.9 Å². The Labute approximate surface area is 183 Å². The van der Waals surface area contributed by atoms with Gasteiger partial charge in [0.1, 0.15) is 5.76 Å². The first kappa shape index (κ1) is 22.4. The van der Waals surface area contributed by atoms with Gasteiger partial charge in [-0.05, 0) is 63.6 Å². The first-order valence-corrected chi connectivity index (χ1v) is 10.8. The molecule has 2 amide bonds. The molecule has 1 aromatic carbocycles. The number of nitrogens with one attached hydrogen (secondary N) is 1. The summed E-state index contributed by atoms with van der Waals surface area (Å²) in [5.74, 6) is 0.810. The Morgan fingerprint density at radius 3 is 2.52 bits per heavy atom. The standard InChI is InChI=1S/C25H31N3O3/c1-5-14-28(25(30)20-10-8-19(4)9-11-20)16-21-7-6-15-27(21)17-22-12-13-23(31-22)24(29)26-18(2)3/h6-13,15,18H,5,14,16-17H2,1-4H3,(H,26,29). The maximum absolute atomic E-state index is 13.1. The summed E-state index contributed by atoms with van der Waals surface area (Å²) in [5, 5.41) is 2.83. The zero-order valence-electron chi connectivity index (χ0n) is 18.7. The monoisotopic (exact) mass is 421 g/mol. The van der Waals surface area contributed by atoms with Crippen LogP contribution in [0.3, 0.4) is 0 Å². The Bertz CT molecular complexity index is 1010. The average molecular weight is 422 g/mol. The highest BCUT2D eigenvalue weighted by molar-refractivity contribution is 5.94. The molecule has 31 heavy (non-hydrogen) atoms.